The van der Waals surface area contributed by atoms with Gasteiger partial charge in [0.1, 0.15) is 28.9 Å². The Morgan fingerprint density at radius 2 is 1.86 bits per heavy atom. The number of hydrogen-bond acceptors (Lipinski definition) is 8. The average molecular weight is 587 g/mol. The molecule has 0 unspecified atom stereocenters. The smallest absolute Gasteiger partial charge is 0.305 e. The molecule has 12 heteroatoms. The van der Waals surface area contributed by atoms with E-state index in [2.05, 4.69) is 9.71 Å². The number of carbonyl (C=O) groups is 1. The summed E-state index contributed by atoms with van der Waals surface area (Å²) in [5, 5.41) is 8.27. The van der Waals surface area contributed by atoms with Gasteiger partial charge in [-0.15, -0.1) is 0 Å². The van der Waals surface area contributed by atoms with Crippen LogP contribution in [0.3, 0.4) is 0 Å². The van der Waals surface area contributed by atoms with Gasteiger partial charge in [-0.1, -0.05) is 18.2 Å². The Labute approximate surface area is 242 Å². The Kier molecular flexibility index (Phi) is 8.34. The first-order chi connectivity index (χ1) is 20.2. The van der Waals surface area contributed by atoms with Gasteiger partial charge in [-0.05, 0) is 67.9 Å². The molecule has 0 spiro atoms. The van der Waals surface area contributed by atoms with E-state index in [4.69, 9.17) is 25.6 Å². The van der Waals surface area contributed by atoms with E-state index in [1.54, 1.807) is 67.7 Å². The van der Waals surface area contributed by atoms with E-state index in [-0.39, 0.29) is 29.7 Å². The summed E-state index contributed by atoms with van der Waals surface area (Å²) in [5.74, 6) is 0.864. The van der Waals surface area contributed by atoms with E-state index in [1.165, 1.54) is 6.07 Å². The number of nitrogen functional groups attached to an aromatic ring is 1. The summed E-state index contributed by atoms with van der Waals surface area (Å²) < 4.78 is 42.3. The third-order valence-corrected chi connectivity index (χ3v) is 7.98. The molecular weight excluding hydrogens is 556 g/mol. The lowest BCUT2D eigenvalue weighted by Crippen LogP contribution is -2.13. The molecule has 216 valence electrons. The number of esters is 1. The van der Waals surface area contributed by atoms with E-state index in [0.29, 0.717) is 53.4 Å². The number of carbonyl (C=O) groups excluding carboxylic acids is 1. The van der Waals surface area contributed by atoms with Crippen molar-refractivity contribution in [1.29, 1.82) is 5.41 Å². The van der Waals surface area contributed by atoms with Crippen LogP contribution in [0, 0.1) is 5.41 Å². The number of para-hydroxylation sites is 1. The van der Waals surface area contributed by atoms with Gasteiger partial charge in [0.15, 0.2) is 0 Å². The Hall–Kier alpha value is -4.97. The maximum atomic E-state index is 13.3. The summed E-state index contributed by atoms with van der Waals surface area (Å²) in [4.78, 5) is 21.0. The van der Waals surface area contributed by atoms with E-state index in [9.17, 15) is 13.2 Å². The molecule has 5 rings (SSSR count). The lowest BCUT2D eigenvalue weighted by Gasteiger charge is -2.12. The fourth-order valence-corrected chi connectivity index (χ4v) is 5.83. The number of fused-ring (bicyclic) bond motifs is 2. The average Bonchev–Trinajstić information content (AvgIpc) is 3.32. The van der Waals surface area contributed by atoms with Crippen LogP contribution in [0.1, 0.15) is 31.2 Å². The molecule has 0 amide bonds. The number of pyridine rings is 1. The van der Waals surface area contributed by atoms with Crippen LogP contribution >= 0.6 is 0 Å². The van der Waals surface area contributed by atoms with Crippen LogP contribution in [-0.2, 0) is 32.7 Å². The fourth-order valence-electron chi connectivity index (χ4n) is 4.60. The van der Waals surface area contributed by atoms with Gasteiger partial charge in [0, 0.05) is 30.1 Å². The van der Waals surface area contributed by atoms with Crippen molar-refractivity contribution in [1.82, 2.24) is 14.5 Å². The number of anilines is 1. The van der Waals surface area contributed by atoms with Gasteiger partial charge in [0.25, 0.3) is 10.0 Å². The summed E-state index contributed by atoms with van der Waals surface area (Å²) in [6.45, 7) is 2.68. The van der Waals surface area contributed by atoms with Crippen molar-refractivity contribution >= 4 is 49.5 Å². The number of sulfonamides is 1. The zero-order chi connectivity index (χ0) is 29.7. The molecule has 0 fully saturated rings. The molecule has 2 aromatic heterocycles. The highest BCUT2D eigenvalue weighted by molar-refractivity contribution is 7.93. The zero-order valence-electron chi connectivity index (χ0n) is 22.9. The monoisotopic (exact) mass is 586 g/mol. The fraction of sp³-hybridized carbons (Fsp3) is 0.200. The molecule has 5 aromatic rings. The van der Waals surface area contributed by atoms with Gasteiger partial charge in [-0.25, -0.2) is 13.4 Å². The molecule has 42 heavy (non-hydrogen) atoms. The van der Waals surface area contributed by atoms with E-state index >= 15 is 0 Å². The van der Waals surface area contributed by atoms with Crippen LogP contribution in [0.25, 0.3) is 21.9 Å². The van der Waals surface area contributed by atoms with Crippen molar-refractivity contribution in [3.8, 4) is 5.75 Å². The van der Waals surface area contributed by atoms with Crippen molar-refractivity contribution in [2.45, 2.75) is 37.8 Å². The minimum Gasteiger partial charge on any atom is -0.486 e. The van der Waals surface area contributed by atoms with Crippen molar-refractivity contribution in [3.05, 3.63) is 90.4 Å². The number of aromatic nitrogens is 3. The topological polar surface area (TPSA) is 162 Å². The van der Waals surface area contributed by atoms with Crippen LogP contribution in [0.5, 0.6) is 5.75 Å². The first kappa shape index (κ1) is 28.6. The number of aryl methyl sites for hydroxylation is 1. The Morgan fingerprint density at radius 3 is 2.62 bits per heavy atom. The van der Waals surface area contributed by atoms with Gasteiger partial charge < -0.3 is 19.8 Å². The van der Waals surface area contributed by atoms with E-state index < -0.39 is 10.0 Å². The highest BCUT2D eigenvalue weighted by atomic mass is 32.2. The second-order valence-electron chi connectivity index (χ2n) is 9.46. The predicted molar refractivity (Wildman–Crippen MR) is 160 cm³/mol. The second-order valence-corrected chi connectivity index (χ2v) is 11.1. The van der Waals surface area contributed by atoms with Gasteiger partial charge >= 0.3 is 5.97 Å². The maximum Gasteiger partial charge on any atom is 0.305 e. The second kappa shape index (κ2) is 12.3. The summed E-state index contributed by atoms with van der Waals surface area (Å²) in [6.07, 6.45) is 2.33. The third kappa shape index (κ3) is 6.33. The van der Waals surface area contributed by atoms with Gasteiger partial charge in [0.2, 0.25) is 0 Å². The number of rotatable bonds is 12. The van der Waals surface area contributed by atoms with Crippen molar-refractivity contribution in [2.24, 2.45) is 5.73 Å². The van der Waals surface area contributed by atoms with E-state index in [0.717, 1.165) is 10.9 Å². The number of imidazole rings is 1. The molecule has 0 saturated heterocycles. The number of nitrogens with two attached hydrogens (primary N) is 1. The van der Waals surface area contributed by atoms with Crippen LogP contribution in [0.15, 0.2) is 83.9 Å². The molecule has 0 atom stereocenters. The quantitative estimate of drug-likeness (QED) is 0.109. The molecule has 2 heterocycles. The van der Waals surface area contributed by atoms with Crippen LogP contribution in [0.2, 0.25) is 0 Å². The number of ether oxygens (including phenoxy) is 2. The van der Waals surface area contributed by atoms with Crippen LogP contribution in [-0.4, -0.2) is 41.4 Å². The highest BCUT2D eigenvalue weighted by Gasteiger charge is 2.20. The SMILES string of the molecule is CCOC(=O)CCCn1c(COc2ccc(C(=N)N)cc2)nc2cc(NS(=O)(=O)c3cccc4cccnc34)ccc21. The molecular formula is C30H30N6O5S. The number of nitrogens with zero attached hydrogens (tertiary/aromatic N) is 3. The molecule has 3 aromatic carbocycles. The normalized spacial score (nSPS) is 11.5. The summed E-state index contributed by atoms with van der Waals surface area (Å²) in [6, 6.07) is 20.5. The van der Waals surface area contributed by atoms with Crippen molar-refractivity contribution in [3.63, 3.8) is 0 Å². The maximum absolute atomic E-state index is 13.3. The molecule has 0 aliphatic carbocycles. The predicted octanol–water partition coefficient (Wildman–Crippen LogP) is 4.59. The molecule has 0 aliphatic rings. The van der Waals surface area contributed by atoms with E-state index in [1.807, 2.05) is 16.7 Å². The number of amidine groups is 1. The minimum absolute atomic E-state index is 0.0342. The Bertz CT molecular complexity index is 1860. The van der Waals surface area contributed by atoms with Gasteiger partial charge in [-0.2, -0.15) is 0 Å². The van der Waals surface area contributed by atoms with Crippen LogP contribution in [0.4, 0.5) is 5.69 Å². The summed E-state index contributed by atoms with van der Waals surface area (Å²) in [5.41, 5.74) is 8.18. The molecule has 11 nitrogen and oxygen atoms in total. The third-order valence-electron chi connectivity index (χ3n) is 6.57. The van der Waals surface area contributed by atoms with Crippen molar-refractivity contribution < 1.29 is 22.7 Å². The number of benzene rings is 3. The minimum atomic E-state index is -3.94. The summed E-state index contributed by atoms with van der Waals surface area (Å²) >= 11 is 0. The van der Waals surface area contributed by atoms with Crippen molar-refractivity contribution in [2.75, 3.05) is 11.3 Å². The summed E-state index contributed by atoms with van der Waals surface area (Å²) in [7, 11) is -3.94. The molecule has 0 aliphatic heterocycles. The van der Waals surface area contributed by atoms with Gasteiger partial charge in [0.05, 0.1) is 28.8 Å². The number of hydrogen-bond donors (Lipinski definition) is 3. The molecule has 0 bridgehead atoms. The zero-order valence-corrected chi connectivity index (χ0v) is 23.7. The van der Waals surface area contributed by atoms with Gasteiger partial charge in [-0.3, -0.25) is 19.9 Å². The molecule has 0 saturated carbocycles. The van der Waals surface area contributed by atoms with Crippen LogP contribution < -0.4 is 15.2 Å². The first-order valence-electron chi connectivity index (χ1n) is 13.3. The highest BCUT2D eigenvalue weighted by Crippen LogP contribution is 2.27. The first-order valence-corrected chi connectivity index (χ1v) is 14.8. The largest absolute Gasteiger partial charge is 0.486 e. The molecule has 4 N–H and O–H groups in total. The Balaban J connectivity index is 1.42. The standard InChI is InChI=1S/C30H30N6O5S/c1-2-40-28(37)9-5-17-36-25-15-12-22(35-42(38,39)26-8-3-6-20-7-4-16-33-29(20)26)18-24(25)34-27(36)19-41-23-13-10-21(11-14-23)30(31)32/h3-4,6-8,10-16,18,35H,2,5,9,17,19H2,1H3,(H3,31,32). The number of nitrogens with one attached hydrogen (secondary N) is 2. The Morgan fingerprint density at radius 1 is 1.07 bits per heavy atom. The lowest BCUT2D eigenvalue weighted by atomic mass is 10.2. The lowest BCUT2D eigenvalue weighted by molar-refractivity contribution is -0.143. The molecule has 0 radical (unpaired) electrons.